The Morgan fingerprint density at radius 2 is 1.64 bits per heavy atom. The number of anilines is 1. The van der Waals surface area contributed by atoms with Crippen LogP contribution in [0.1, 0.15) is 60.1 Å². The predicted octanol–water partition coefficient (Wildman–Crippen LogP) is 4.93. The molecule has 1 aliphatic rings. The highest BCUT2D eigenvalue weighted by molar-refractivity contribution is 7.89. The molecule has 206 valence electrons. The number of amides is 2. The molecule has 3 aromatic carbocycles. The third-order valence-corrected chi connectivity index (χ3v) is 8.81. The van der Waals surface area contributed by atoms with Gasteiger partial charge in [0.25, 0.3) is 5.91 Å². The summed E-state index contributed by atoms with van der Waals surface area (Å²) in [5, 5.41) is 5.82. The van der Waals surface area contributed by atoms with E-state index >= 15 is 0 Å². The maximum Gasteiger partial charge on any atom is 0.253 e. The van der Waals surface area contributed by atoms with E-state index in [-0.39, 0.29) is 35.6 Å². The fraction of sp³-hybridized carbons (Fsp3) is 0.333. The Balaban J connectivity index is 1.43. The molecule has 0 aromatic heterocycles. The lowest BCUT2D eigenvalue weighted by Crippen LogP contribution is -2.35. The number of nitrogens with zero attached hydrogens (tertiary/aromatic N) is 1. The normalized spacial score (nSPS) is 14.8. The van der Waals surface area contributed by atoms with E-state index in [4.69, 9.17) is 4.74 Å². The van der Waals surface area contributed by atoms with Gasteiger partial charge in [0.15, 0.2) is 0 Å². The molecule has 2 amide bonds. The standard InChI is InChI=1S/C30H35N3O5S/c1-22(23-11-5-3-6-12-23)31-30(35)26-13-7-8-14-27(26)32-29(34)18-15-24-21-25(16-17-28(24)38-2)39(36,37)33-19-9-4-10-20-33/h3,5-8,11-14,16-17,21-22H,4,9-10,15,18-20H2,1-2H3,(H,31,35)(H,32,34). The Bertz CT molecular complexity index is 1400. The Hall–Kier alpha value is -3.69. The Labute approximate surface area is 230 Å². The fourth-order valence-corrected chi connectivity index (χ4v) is 6.28. The van der Waals surface area contributed by atoms with Crippen molar-refractivity contribution in [2.45, 2.75) is 50.0 Å². The summed E-state index contributed by atoms with van der Waals surface area (Å²) in [6.45, 7) is 2.94. The van der Waals surface area contributed by atoms with Crippen LogP contribution in [0.2, 0.25) is 0 Å². The van der Waals surface area contributed by atoms with Crippen LogP contribution in [0.4, 0.5) is 5.69 Å². The van der Waals surface area contributed by atoms with Gasteiger partial charge >= 0.3 is 0 Å². The quantitative estimate of drug-likeness (QED) is 0.373. The summed E-state index contributed by atoms with van der Waals surface area (Å²) in [7, 11) is -2.09. The first-order valence-corrected chi connectivity index (χ1v) is 14.7. The number of piperidine rings is 1. The van der Waals surface area contributed by atoms with E-state index in [0.717, 1.165) is 24.8 Å². The van der Waals surface area contributed by atoms with Crippen molar-refractivity contribution in [2.75, 3.05) is 25.5 Å². The number of methoxy groups -OCH3 is 1. The molecule has 1 fully saturated rings. The number of carbonyl (C=O) groups excluding carboxylic acids is 2. The second kappa shape index (κ2) is 12.9. The number of hydrogen-bond donors (Lipinski definition) is 2. The molecule has 0 spiro atoms. The van der Waals surface area contributed by atoms with E-state index in [9.17, 15) is 18.0 Å². The van der Waals surface area contributed by atoms with Gasteiger partial charge in [0.05, 0.1) is 29.3 Å². The molecule has 0 radical (unpaired) electrons. The SMILES string of the molecule is COc1ccc(S(=O)(=O)N2CCCCC2)cc1CCC(=O)Nc1ccccc1C(=O)NC(C)c1ccccc1. The lowest BCUT2D eigenvalue weighted by molar-refractivity contribution is -0.116. The molecule has 39 heavy (non-hydrogen) atoms. The number of rotatable bonds is 10. The number of aryl methyl sites for hydroxylation is 1. The van der Waals surface area contributed by atoms with Crippen LogP contribution in [-0.4, -0.2) is 44.7 Å². The third kappa shape index (κ3) is 7.04. The molecule has 1 atom stereocenters. The van der Waals surface area contributed by atoms with Gasteiger partial charge in [-0.15, -0.1) is 0 Å². The van der Waals surface area contributed by atoms with Gasteiger partial charge in [-0.3, -0.25) is 9.59 Å². The molecule has 1 heterocycles. The number of para-hydroxylation sites is 1. The van der Waals surface area contributed by atoms with Gasteiger partial charge in [0, 0.05) is 19.5 Å². The van der Waals surface area contributed by atoms with Crippen molar-refractivity contribution < 1.29 is 22.7 Å². The van der Waals surface area contributed by atoms with Gasteiger partial charge in [-0.25, -0.2) is 8.42 Å². The third-order valence-electron chi connectivity index (χ3n) is 6.92. The molecule has 4 rings (SSSR count). The lowest BCUT2D eigenvalue weighted by atomic mass is 10.1. The van der Waals surface area contributed by atoms with Crippen LogP contribution in [0, 0.1) is 0 Å². The van der Waals surface area contributed by atoms with E-state index in [1.54, 1.807) is 42.5 Å². The molecule has 1 unspecified atom stereocenters. The smallest absolute Gasteiger partial charge is 0.253 e. The van der Waals surface area contributed by atoms with Crippen LogP contribution in [0.3, 0.4) is 0 Å². The zero-order valence-electron chi connectivity index (χ0n) is 22.4. The van der Waals surface area contributed by atoms with E-state index in [0.29, 0.717) is 35.7 Å². The Morgan fingerprint density at radius 3 is 2.36 bits per heavy atom. The summed E-state index contributed by atoms with van der Waals surface area (Å²) >= 11 is 0. The van der Waals surface area contributed by atoms with Crippen molar-refractivity contribution in [1.29, 1.82) is 0 Å². The molecule has 3 aromatic rings. The molecular weight excluding hydrogens is 514 g/mol. The van der Waals surface area contributed by atoms with Crippen LogP contribution >= 0.6 is 0 Å². The second-order valence-corrected chi connectivity index (χ2v) is 11.6. The zero-order chi connectivity index (χ0) is 27.8. The number of nitrogens with one attached hydrogen (secondary N) is 2. The minimum Gasteiger partial charge on any atom is -0.496 e. The van der Waals surface area contributed by atoms with E-state index in [1.807, 2.05) is 37.3 Å². The highest BCUT2D eigenvalue weighted by atomic mass is 32.2. The lowest BCUT2D eigenvalue weighted by Gasteiger charge is -2.26. The molecular formula is C30H35N3O5S. The molecule has 0 bridgehead atoms. The minimum absolute atomic E-state index is 0.0833. The highest BCUT2D eigenvalue weighted by Gasteiger charge is 2.27. The molecule has 1 saturated heterocycles. The van der Waals surface area contributed by atoms with Crippen molar-refractivity contribution in [3.63, 3.8) is 0 Å². The number of benzene rings is 3. The average Bonchev–Trinajstić information content (AvgIpc) is 2.97. The van der Waals surface area contributed by atoms with Crippen LogP contribution in [0.5, 0.6) is 5.75 Å². The fourth-order valence-electron chi connectivity index (χ4n) is 4.72. The first-order valence-electron chi connectivity index (χ1n) is 13.2. The van der Waals surface area contributed by atoms with Crippen LogP contribution in [0.25, 0.3) is 0 Å². The molecule has 0 aliphatic carbocycles. The second-order valence-electron chi connectivity index (χ2n) is 9.64. The van der Waals surface area contributed by atoms with Crippen molar-refractivity contribution in [3.05, 3.63) is 89.5 Å². The largest absolute Gasteiger partial charge is 0.496 e. The van der Waals surface area contributed by atoms with Gasteiger partial charge < -0.3 is 15.4 Å². The van der Waals surface area contributed by atoms with E-state index in [2.05, 4.69) is 10.6 Å². The van der Waals surface area contributed by atoms with Crippen LogP contribution < -0.4 is 15.4 Å². The Kier molecular flexibility index (Phi) is 9.37. The number of hydrogen-bond acceptors (Lipinski definition) is 5. The maximum atomic E-state index is 13.2. The van der Waals surface area contributed by atoms with Crippen molar-refractivity contribution in [2.24, 2.45) is 0 Å². The molecule has 1 aliphatic heterocycles. The molecule has 0 saturated carbocycles. The molecule has 9 heteroatoms. The summed E-state index contributed by atoms with van der Waals surface area (Å²) in [6.07, 6.45) is 3.10. The maximum absolute atomic E-state index is 13.2. The number of carbonyl (C=O) groups is 2. The van der Waals surface area contributed by atoms with E-state index in [1.165, 1.54) is 11.4 Å². The van der Waals surface area contributed by atoms with Gasteiger partial charge in [0.2, 0.25) is 15.9 Å². The number of ether oxygens (including phenoxy) is 1. The van der Waals surface area contributed by atoms with Gasteiger partial charge in [-0.2, -0.15) is 4.31 Å². The van der Waals surface area contributed by atoms with Crippen molar-refractivity contribution in [1.82, 2.24) is 9.62 Å². The highest BCUT2D eigenvalue weighted by Crippen LogP contribution is 2.27. The summed E-state index contributed by atoms with van der Waals surface area (Å²) < 4.78 is 33.3. The van der Waals surface area contributed by atoms with Crippen LogP contribution in [0.15, 0.2) is 77.7 Å². The van der Waals surface area contributed by atoms with Gasteiger partial charge in [0.1, 0.15) is 5.75 Å². The summed E-state index contributed by atoms with van der Waals surface area (Å²) in [6, 6.07) is 21.1. The topological polar surface area (TPSA) is 105 Å². The first-order chi connectivity index (χ1) is 18.8. The monoisotopic (exact) mass is 549 g/mol. The first kappa shape index (κ1) is 28.3. The minimum atomic E-state index is -3.61. The number of sulfonamides is 1. The van der Waals surface area contributed by atoms with Gasteiger partial charge in [-0.1, -0.05) is 48.9 Å². The van der Waals surface area contributed by atoms with Crippen LogP contribution in [-0.2, 0) is 21.2 Å². The zero-order valence-corrected chi connectivity index (χ0v) is 23.2. The summed E-state index contributed by atoms with van der Waals surface area (Å²) in [5.74, 6) is -0.0627. The Morgan fingerprint density at radius 1 is 0.949 bits per heavy atom. The van der Waals surface area contributed by atoms with Crippen molar-refractivity contribution in [3.8, 4) is 5.75 Å². The molecule has 2 N–H and O–H groups in total. The average molecular weight is 550 g/mol. The summed E-state index contributed by atoms with van der Waals surface area (Å²) in [5.41, 5.74) is 2.38. The van der Waals surface area contributed by atoms with Gasteiger partial charge in [-0.05, 0) is 67.6 Å². The van der Waals surface area contributed by atoms with E-state index < -0.39 is 10.0 Å². The van der Waals surface area contributed by atoms with Crippen molar-refractivity contribution >= 4 is 27.5 Å². The molecule has 8 nitrogen and oxygen atoms in total. The predicted molar refractivity (Wildman–Crippen MR) is 151 cm³/mol. The summed E-state index contributed by atoms with van der Waals surface area (Å²) in [4.78, 5) is 26.1.